The molecule has 4 heteroatoms. The average molecular weight is 241 g/mol. The minimum Gasteiger partial charge on any atom is -0.381 e. The monoisotopic (exact) mass is 241 g/mol. The van der Waals surface area contributed by atoms with Crippen LogP contribution in [0.5, 0.6) is 0 Å². The van der Waals surface area contributed by atoms with Crippen molar-refractivity contribution in [3.63, 3.8) is 0 Å². The van der Waals surface area contributed by atoms with Gasteiger partial charge >= 0.3 is 0 Å². The molecular formula is C13H23NO3. The first-order valence-electron chi connectivity index (χ1n) is 6.38. The first kappa shape index (κ1) is 12.8. The van der Waals surface area contributed by atoms with Gasteiger partial charge in [-0.3, -0.25) is 4.79 Å². The molecule has 0 bridgehead atoms. The Labute approximate surface area is 103 Å². The van der Waals surface area contributed by atoms with E-state index in [1.54, 1.807) is 6.92 Å². The van der Waals surface area contributed by atoms with Crippen LogP contribution in [0, 0.1) is 5.41 Å². The lowest BCUT2D eigenvalue weighted by atomic mass is 9.85. The Hall–Kier alpha value is -0.610. The topological polar surface area (TPSA) is 38.8 Å². The van der Waals surface area contributed by atoms with E-state index < -0.39 is 5.72 Å². The van der Waals surface area contributed by atoms with Gasteiger partial charge in [-0.2, -0.15) is 0 Å². The third kappa shape index (κ3) is 2.20. The van der Waals surface area contributed by atoms with Crippen LogP contribution in [0.3, 0.4) is 0 Å². The molecule has 1 amide bonds. The molecule has 0 aromatic heterocycles. The van der Waals surface area contributed by atoms with Gasteiger partial charge in [0.05, 0.1) is 25.9 Å². The van der Waals surface area contributed by atoms with Gasteiger partial charge in [-0.15, -0.1) is 0 Å². The molecule has 0 N–H and O–H groups in total. The van der Waals surface area contributed by atoms with E-state index in [2.05, 4.69) is 20.8 Å². The van der Waals surface area contributed by atoms with E-state index in [-0.39, 0.29) is 17.4 Å². The summed E-state index contributed by atoms with van der Waals surface area (Å²) in [6.07, 6.45) is 1.58. The van der Waals surface area contributed by atoms with Crippen LogP contribution in [0.15, 0.2) is 0 Å². The van der Waals surface area contributed by atoms with Crippen molar-refractivity contribution in [2.45, 2.75) is 52.3 Å². The van der Waals surface area contributed by atoms with Gasteiger partial charge in [0.2, 0.25) is 5.91 Å². The fraction of sp³-hybridized carbons (Fsp3) is 0.923. The van der Waals surface area contributed by atoms with Gasteiger partial charge in [-0.1, -0.05) is 20.8 Å². The van der Waals surface area contributed by atoms with E-state index in [0.717, 1.165) is 12.8 Å². The molecular weight excluding hydrogens is 218 g/mol. The summed E-state index contributed by atoms with van der Waals surface area (Å²) in [4.78, 5) is 13.9. The Morgan fingerprint density at radius 1 is 1.29 bits per heavy atom. The number of nitrogens with zero attached hydrogens (tertiary/aromatic N) is 1. The van der Waals surface area contributed by atoms with Crippen molar-refractivity contribution >= 4 is 5.91 Å². The molecule has 0 radical (unpaired) electrons. The van der Waals surface area contributed by atoms with Crippen LogP contribution >= 0.6 is 0 Å². The number of amides is 1. The lowest BCUT2D eigenvalue weighted by molar-refractivity contribution is -0.169. The van der Waals surface area contributed by atoms with Crippen molar-refractivity contribution < 1.29 is 14.3 Å². The molecule has 17 heavy (non-hydrogen) atoms. The van der Waals surface area contributed by atoms with E-state index in [4.69, 9.17) is 9.47 Å². The van der Waals surface area contributed by atoms with Crippen molar-refractivity contribution in [2.75, 3.05) is 19.8 Å². The zero-order valence-corrected chi connectivity index (χ0v) is 11.3. The molecule has 0 aromatic carbocycles. The van der Waals surface area contributed by atoms with Gasteiger partial charge in [-0.05, 0) is 5.41 Å². The SMILES string of the molecule is CC(=O)N1C(C(C)(C)C)COC12CCOCC2. The minimum absolute atomic E-state index is 0.0491. The molecule has 2 heterocycles. The van der Waals surface area contributed by atoms with Crippen LogP contribution < -0.4 is 0 Å². The maximum absolute atomic E-state index is 12.0. The summed E-state index contributed by atoms with van der Waals surface area (Å²) in [6, 6.07) is 0.165. The second-order valence-corrected chi connectivity index (χ2v) is 6.14. The number of ether oxygens (including phenoxy) is 2. The van der Waals surface area contributed by atoms with Gasteiger partial charge in [0.1, 0.15) is 5.72 Å². The second-order valence-electron chi connectivity index (χ2n) is 6.14. The van der Waals surface area contributed by atoms with Gasteiger partial charge in [0.25, 0.3) is 0 Å². The second kappa shape index (κ2) is 4.25. The van der Waals surface area contributed by atoms with Crippen molar-refractivity contribution in [1.29, 1.82) is 0 Å². The van der Waals surface area contributed by atoms with E-state index in [1.807, 2.05) is 4.90 Å². The summed E-state index contributed by atoms with van der Waals surface area (Å²) in [5.74, 6) is 0.115. The van der Waals surface area contributed by atoms with Gasteiger partial charge in [0, 0.05) is 19.8 Å². The first-order chi connectivity index (χ1) is 7.87. The lowest BCUT2D eigenvalue weighted by Crippen LogP contribution is -2.56. The molecule has 0 aromatic rings. The molecule has 98 valence electrons. The fourth-order valence-corrected chi connectivity index (χ4v) is 2.88. The van der Waals surface area contributed by atoms with Crippen LogP contribution in [-0.2, 0) is 14.3 Å². The van der Waals surface area contributed by atoms with Crippen molar-refractivity contribution in [2.24, 2.45) is 5.41 Å². The molecule has 2 aliphatic heterocycles. The highest BCUT2D eigenvalue weighted by Gasteiger charge is 2.52. The summed E-state index contributed by atoms with van der Waals surface area (Å²) in [5.41, 5.74) is -0.352. The fourth-order valence-electron chi connectivity index (χ4n) is 2.88. The lowest BCUT2D eigenvalue weighted by Gasteiger charge is -2.44. The van der Waals surface area contributed by atoms with Crippen LogP contribution in [-0.4, -0.2) is 42.4 Å². The predicted molar refractivity (Wildman–Crippen MR) is 64.5 cm³/mol. The summed E-state index contributed by atoms with van der Waals surface area (Å²) >= 11 is 0. The number of rotatable bonds is 0. The number of hydrogen-bond donors (Lipinski definition) is 0. The number of carbonyl (C=O) groups is 1. The highest BCUT2D eigenvalue weighted by Crippen LogP contribution is 2.41. The maximum atomic E-state index is 12.0. The van der Waals surface area contributed by atoms with E-state index in [0.29, 0.717) is 19.8 Å². The predicted octanol–water partition coefficient (Wildman–Crippen LogP) is 1.79. The Morgan fingerprint density at radius 3 is 2.35 bits per heavy atom. The third-order valence-electron chi connectivity index (χ3n) is 3.87. The molecule has 2 rings (SSSR count). The number of hydrogen-bond acceptors (Lipinski definition) is 3. The molecule has 4 nitrogen and oxygen atoms in total. The van der Waals surface area contributed by atoms with Gasteiger partial charge < -0.3 is 14.4 Å². The van der Waals surface area contributed by atoms with Crippen molar-refractivity contribution in [3.05, 3.63) is 0 Å². The molecule has 0 saturated carbocycles. The third-order valence-corrected chi connectivity index (χ3v) is 3.87. The summed E-state index contributed by atoms with van der Waals surface area (Å²) in [5, 5.41) is 0. The van der Waals surface area contributed by atoms with E-state index in [9.17, 15) is 4.79 Å². The minimum atomic E-state index is -0.401. The van der Waals surface area contributed by atoms with Crippen LogP contribution in [0.25, 0.3) is 0 Å². The molecule has 1 spiro atoms. The summed E-state index contributed by atoms with van der Waals surface area (Å²) < 4.78 is 11.4. The largest absolute Gasteiger partial charge is 0.381 e. The van der Waals surface area contributed by atoms with Gasteiger partial charge in [-0.25, -0.2) is 0 Å². The molecule has 2 aliphatic rings. The summed E-state index contributed by atoms with van der Waals surface area (Å²) in [7, 11) is 0. The molecule has 1 unspecified atom stereocenters. The van der Waals surface area contributed by atoms with Crippen molar-refractivity contribution in [1.82, 2.24) is 4.90 Å². The maximum Gasteiger partial charge on any atom is 0.222 e. The standard InChI is InChI=1S/C13H23NO3/c1-10(15)14-11(12(2,3)4)9-17-13(14)5-7-16-8-6-13/h11H,5-9H2,1-4H3. The van der Waals surface area contributed by atoms with E-state index >= 15 is 0 Å². The number of carbonyl (C=O) groups excluding carboxylic acids is 1. The highest BCUT2D eigenvalue weighted by atomic mass is 16.5. The Morgan fingerprint density at radius 2 is 1.88 bits per heavy atom. The quantitative estimate of drug-likeness (QED) is 0.649. The zero-order valence-electron chi connectivity index (χ0n) is 11.3. The molecule has 2 fully saturated rings. The Balaban J connectivity index is 2.27. The van der Waals surface area contributed by atoms with Crippen molar-refractivity contribution in [3.8, 4) is 0 Å². The highest BCUT2D eigenvalue weighted by molar-refractivity contribution is 5.75. The normalized spacial score (nSPS) is 28.7. The Bertz CT molecular complexity index is 302. The van der Waals surface area contributed by atoms with Gasteiger partial charge in [0.15, 0.2) is 0 Å². The summed E-state index contributed by atoms with van der Waals surface area (Å²) in [6.45, 7) is 10.1. The molecule has 1 atom stereocenters. The molecule has 0 aliphatic carbocycles. The first-order valence-corrected chi connectivity index (χ1v) is 6.38. The zero-order chi connectivity index (χ0) is 12.7. The van der Waals surface area contributed by atoms with Crippen LogP contribution in [0.4, 0.5) is 0 Å². The Kier molecular flexibility index (Phi) is 3.21. The van der Waals surface area contributed by atoms with E-state index in [1.165, 1.54) is 0 Å². The smallest absolute Gasteiger partial charge is 0.222 e. The van der Waals surface area contributed by atoms with Crippen LogP contribution in [0.1, 0.15) is 40.5 Å². The van der Waals surface area contributed by atoms with Crippen LogP contribution in [0.2, 0.25) is 0 Å². The molecule has 2 saturated heterocycles. The average Bonchev–Trinajstić information content (AvgIpc) is 2.58.